The maximum atomic E-state index is 5.54. The molecule has 0 rings (SSSR count). The number of hydrogen-bond donors (Lipinski definition) is 2. The van der Waals surface area contributed by atoms with E-state index in [4.69, 9.17) is 17.3 Å². The van der Waals surface area contributed by atoms with Crippen molar-refractivity contribution in [2.45, 2.75) is 18.5 Å². The third kappa shape index (κ3) is 2.85. The molecular weight excluding hydrogens is 112 g/mol. The van der Waals surface area contributed by atoms with Crippen LogP contribution >= 0.6 is 11.6 Å². The van der Waals surface area contributed by atoms with Gasteiger partial charge in [-0.2, -0.15) is 0 Å². The normalized spacial score (nSPS) is 18.9. The van der Waals surface area contributed by atoms with Crippen molar-refractivity contribution in [2.24, 2.45) is 5.73 Å². The predicted molar refractivity (Wildman–Crippen MR) is 32.4 cm³/mol. The average Bonchev–Trinajstić information content (AvgIpc) is 1.65. The van der Waals surface area contributed by atoms with Gasteiger partial charge in [0.15, 0.2) is 0 Å². The Morgan fingerprint density at radius 3 is 2.14 bits per heavy atom. The van der Waals surface area contributed by atoms with E-state index in [-0.39, 0.29) is 11.5 Å². The molecule has 0 radical (unpaired) electrons. The molecule has 0 bridgehead atoms. The van der Waals surface area contributed by atoms with Crippen molar-refractivity contribution in [3.63, 3.8) is 0 Å². The quantitative estimate of drug-likeness (QED) is 0.403. The van der Waals surface area contributed by atoms with Crippen LogP contribution < -0.4 is 11.1 Å². The third-order valence-electron chi connectivity index (χ3n) is 0.828. The van der Waals surface area contributed by atoms with Gasteiger partial charge in [-0.1, -0.05) is 0 Å². The summed E-state index contributed by atoms with van der Waals surface area (Å²) < 4.78 is 0. The molecule has 2 atom stereocenters. The van der Waals surface area contributed by atoms with Crippen LogP contribution in [-0.4, -0.2) is 18.6 Å². The zero-order valence-electron chi connectivity index (χ0n) is 4.61. The van der Waals surface area contributed by atoms with E-state index < -0.39 is 0 Å². The summed E-state index contributed by atoms with van der Waals surface area (Å²) in [6, 6.07) is 0. The van der Waals surface area contributed by atoms with E-state index >= 15 is 0 Å². The lowest BCUT2D eigenvalue weighted by Crippen LogP contribution is -2.40. The molecule has 0 saturated carbocycles. The van der Waals surface area contributed by atoms with Gasteiger partial charge in [-0.3, -0.25) is 0 Å². The third-order valence-corrected chi connectivity index (χ3v) is 1.10. The maximum Gasteiger partial charge on any atom is 0.0709 e. The molecule has 2 nitrogen and oxygen atoms in total. The number of alkyl halides is 1. The molecule has 3 N–H and O–H groups in total. The molecule has 0 aromatic rings. The summed E-state index contributed by atoms with van der Waals surface area (Å²) in [5.74, 6) is 0. The molecule has 3 heteroatoms. The monoisotopic (exact) mass is 122 g/mol. The minimum atomic E-state index is -0.0818. The Bertz CT molecular complexity index is 47.0. The van der Waals surface area contributed by atoms with E-state index in [9.17, 15) is 0 Å². The van der Waals surface area contributed by atoms with Gasteiger partial charge < -0.3 is 11.1 Å². The van der Waals surface area contributed by atoms with Crippen molar-refractivity contribution in [3.8, 4) is 0 Å². The van der Waals surface area contributed by atoms with Crippen molar-refractivity contribution in [2.75, 3.05) is 7.05 Å². The molecule has 0 aromatic carbocycles. The molecule has 0 saturated heterocycles. The van der Waals surface area contributed by atoms with Crippen LogP contribution in [0.3, 0.4) is 0 Å². The van der Waals surface area contributed by atoms with Crippen molar-refractivity contribution < 1.29 is 0 Å². The molecule has 0 aliphatic carbocycles. The smallest absolute Gasteiger partial charge is 0.0709 e. The van der Waals surface area contributed by atoms with Gasteiger partial charge in [-0.05, 0) is 14.0 Å². The Morgan fingerprint density at radius 1 is 1.71 bits per heavy atom. The van der Waals surface area contributed by atoms with E-state index in [2.05, 4.69) is 5.32 Å². The predicted octanol–water partition coefficient (Wildman–Crippen LogP) is 0.118. The van der Waals surface area contributed by atoms with Crippen LogP contribution in [0.1, 0.15) is 6.92 Å². The summed E-state index contributed by atoms with van der Waals surface area (Å²) in [6.45, 7) is 1.85. The van der Waals surface area contributed by atoms with Crippen molar-refractivity contribution in [1.82, 2.24) is 5.32 Å². The maximum absolute atomic E-state index is 5.54. The summed E-state index contributed by atoms with van der Waals surface area (Å²) in [5, 5.41) is 2.81. The average molecular weight is 123 g/mol. The Hall–Kier alpha value is 0.210. The molecule has 0 aliphatic heterocycles. The van der Waals surface area contributed by atoms with Crippen LogP contribution in [0.25, 0.3) is 0 Å². The summed E-state index contributed by atoms with van der Waals surface area (Å²) >= 11 is 5.54. The molecular formula is C4H11ClN2. The Balaban J connectivity index is 3.14. The van der Waals surface area contributed by atoms with Crippen LogP contribution in [0.15, 0.2) is 0 Å². The van der Waals surface area contributed by atoms with E-state index in [1.54, 1.807) is 7.05 Å². The molecule has 0 amide bonds. The first-order valence-electron chi connectivity index (χ1n) is 2.25. The molecule has 0 spiro atoms. The van der Waals surface area contributed by atoms with Crippen molar-refractivity contribution >= 4 is 11.6 Å². The van der Waals surface area contributed by atoms with E-state index in [1.165, 1.54) is 0 Å². The molecule has 44 valence electrons. The molecule has 0 heterocycles. The van der Waals surface area contributed by atoms with Gasteiger partial charge in [0.2, 0.25) is 0 Å². The highest BCUT2D eigenvalue weighted by atomic mass is 35.5. The van der Waals surface area contributed by atoms with E-state index in [0.29, 0.717) is 0 Å². The highest BCUT2D eigenvalue weighted by Gasteiger charge is 2.03. The lowest BCUT2D eigenvalue weighted by Gasteiger charge is -2.10. The Kier molecular flexibility index (Phi) is 3.34. The first-order chi connectivity index (χ1) is 3.18. The second-order valence-corrected chi connectivity index (χ2v) is 2.18. The largest absolute Gasteiger partial charge is 0.315 e. The minimum Gasteiger partial charge on any atom is -0.315 e. The van der Waals surface area contributed by atoms with Gasteiger partial charge in [-0.25, -0.2) is 0 Å². The van der Waals surface area contributed by atoms with Crippen molar-refractivity contribution in [3.05, 3.63) is 0 Å². The van der Waals surface area contributed by atoms with Gasteiger partial charge >= 0.3 is 0 Å². The summed E-state index contributed by atoms with van der Waals surface area (Å²) in [4.78, 5) is 0. The molecule has 0 fully saturated rings. The lowest BCUT2D eigenvalue weighted by molar-refractivity contribution is 0.574. The van der Waals surface area contributed by atoms with E-state index in [1.807, 2.05) is 6.92 Å². The molecule has 0 aromatic heterocycles. The summed E-state index contributed by atoms with van der Waals surface area (Å²) in [5.41, 5.74) is 5.37. The van der Waals surface area contributed by atoms with Crippen LogP contribution in [-0.2, 0) is 0 Å². The second-order valence-electron chi connectivity index (χ2n) is 1.49. The fourth-order valence-corrected chi connectivity index (χ4v) is 0.356. The number of hydrogen-bond acceptors (Lipinski definition) is 2. The van der Waals surface area contributed by atoms with E-state index in [0.717, 1.165) is 0 Å². The number of nitrogens with one attached hydrogen (secondary N) is 1. The SMILES string of the molecule is CNC(N)[C@@H](C)Cl. The molecule has 7 heavy (non-hydrogen) atoms. The van der Waals surface area contributed by atoms with Gasteiger partial charge in [0.05, 0.1) is 11.5 Å². The number of nitrogens with two attached hydrogens (primary N) is 1. The van der Waals surface area contributed by atoms with Crippen LogP contribution in [0, 0.1) is 0 Å². The van der Waals surface area contributed by atoms with Crippen LogP contribution in [0.2, 0.25) is 0 Å². The first-order valence-corrected chi connectivity index (χ1v) is 2.69. The lowest BCUT2D eigenvalue weighted by atomic mass is 10.4. The highest BCUT2D eigenvalue weighted by molar-refractivity contribution is 6.20. The summed E-state index contributed by atoms with van der Waals surface area (Å²) in [6.07, 6.45) is -0.0818. The van der Waals surface area contributed by atoms with Crippen molar-refractivity contribution in [1.29, 1.82) is 0 Å². The minimum absolute atomic E-state index is 0.00463. The number of rotatable bonds is 2. The number of halogens is 1. The fraction of sp³-hybridized carbons (Fsp3) is 1.00. The summed E-state index contributed by atoms with van der Waals surface area (Å²) in [7, 11) is 1.78. The zero-order chi connectivity index (χ0) is 5.86. The van der Waals surface area contributed by atoms with Gasteiger partial charge in [0.25, 0.3) is 0 Å². The second kappa shape index (κ2) is 3.24. The molecule has 1 unspecified atom stereocenters. The Morgan fingerprint density at radius 2 is 2.14 bits per heavy atom. The first kappa shape index (κ1) is 7.21. The highest BCUT2D eigenvalue weighted by Crippen LogP contribution is 1.93. The van der Waals surface area contributed by atoms with Gasteiger partial charge in [0, 0.05) is 0 Å². The van der Waals surface area contributed by atoms with Crippen LogP contribution in [0.4, 0.5) is 0 Å². The molecule has 0 aliphatic rings. The van der Waals surface area contributed by atoms with Gasteiger partial charge in [-0.15, -0.1) is 11.6 Å². The Labute approximate surface area is 49.0 Å². The zero-order valence-corrected chi connectivity index (χ0v) is 5.37. The van der Waals surface area contributed by atoms with Gasteiger partial charge in [0.1, 0.15) is 0 Å². The standard InChI is InChI=1S/C4H11ClN2/c1-3(5)4(6)7-2/h3-4,7H,6H2,1-2H3/t3-,4?/m1/s1. The van der Waals surface area contributed by atoms with Crippen LogP contribution in [0.5, 0.6) is 0 Å². The fourth-order valence-electron chi connectivity index (χ4n) is 0.230. The topological polar surface area (TPSA) is 38.0 Å².